The predicted molar refractivity (Wildman–Crippen MR) is 89.8 cm³/mol. The molecule has 0 radical (unpaired) electrons. The molecular weight excluding hydrogens is 312 g/mol. The molecule has 7 heteroatoms. The van der Waals surface area contributed by atoms with Gasteiger partial charge in [-0.15, -0.1) is 0 Å². The molecule has 0 aliphatic carbocycles. The van der Waals surface area contributed by atoms with Gasteiger partial charge in [0.15, 0.2) is 9.84 Å². The van der Waals surface area contributed by atoms with Crippen molar-refractivity contribution in [3.05, 3.63) is 42.9 Å². The van der Waals surface area contributed by atoms with Gasteiger partial charge in [0.2, 0.25) is 0 Å². The molecule has 0 aromatic carbocycles. The zero-order valence-electron chi connectivity index (χ0n) is 13.2. The third kappa shape index (κ3) is 2.57. The molecule has 0 saturated heterocycles. The molecule has 23 heavy (non-hydrogen) atoms. The van der Waals surface area contributed by atoms with Crippen molar-refractivity contribution < 1.29 is 8.42 Å². The second-order valence-electron chi connectivity index (χ2n) is 6.34. The first-order valence-electron chi connectivity index (χ1n) is 7.14. The van der Waals surface area contributed by atoms with Crippen LogP contribution in [0.15, 0.2) is 47.8 Å². The zero-order chi connectivity index (χ0) is 16.8. The summed E-state index contributed by atoms with van der Waals surface area (Å²) < 4.78 is 26.1. The van der Waals surface area contributed by atoms with Crippen molar-refractivity contribution in [3.8, 4) is 11.1 Å². The fourth-order valence-corrected chi connectivity index (χ4v) is 3.48. The van der Waals surface area contributed by atoms with Gasteiger partial charge in [0, 0.05) is 23.5 Å². The molecule has 3 aromatic heterocycles. The van der Waals surface area contributed by atoms with Crippen molar-refractivity contribution in [2.45, 2.75) is 30.4 Å². The highest BCUT2D eigenvalue weighted by Crippen LogP contribution is 2.29. The van der Waals surface area contributed by atoms with Crippen molar-refractivity contribution in [1.82, 2.24) is 14.6 Å². The normalized spacial score (nSPS) is 12.7. The number of nitrogen functional groups attached to an aromatic ring is 1. The summed E-state index contributed by atoms with van der Waals surface area (Å²) >= 11 is 0. The molecular formula is C16H18N4O2S. The number of pyridine rings is 2. The Labute approximate surface area is 134 Å². The third-order valence-electron chi connectivity index (χ3n) is 3.71. The Morgan fingerprint density at radius 3 is 2.48 bits per heavy atom. The Hall–Kier alpha value is -2.41. The molecule has 0 atom stereocenters. The summed E-state index contributed by atoms with van der Waals surface area (Å²) in [7, 11) is -3.43. The molecule has 0 aliphatic rings. The Balaban J connectivity index is 2.20. The van der Waals surface area contributed by atoms with E-state index in [0.717, 1.165) is 11.1 Å². The SMILES string of the molecule is CC(C)(C)S(=O)(=O)c1ccn2ncc(-c3ccc(N)nc3)c2c1. The van der Waals surface area contributed by atoms with Crippen LogP contribution < -0.4 is 5.73 Å². The molecule has 0 fully saturated rings. The monoisotopic (exact) mass is 330 g/mol. The van der Waals surface area contributed by atoms with Crippen LogP contribution >= 0.6 is 0 Å². The van der Waals surface area contributed by atoms with Gasteiger partial charge < -0.3 is 5.73 Å². The first kappa shape index (κ1) is 15.5. The summed E-state index contributed by atoms with van der Waals surface area (Å²) in [5.74, 6) is 0.432. The van der Waals surface area contributed by atoms with Gasteiger partial charge in [-0.25, -0.2) is 17.9 Å². The predicted octanol–water partition coefficient (Wildman–Crippen LogP) is 2.55. The Morgan fingerprint density at radius 2 is 1.87 bits per heavy atom. The second kappa shape index (κ2) is 5.06. The maximum atomic E-state index is 12.7. The number of aromatic nitrogens is 3. The van der Waals surface area contributed by atoms with E-state index in [4.69, 9.17) is 5.73 Å². The average molecular weight is 330 g/mol. The highest BCUT2D eigenvalue weighted by atomic mass is 32.2. The largest absolute Gasteiger partial charge is 0.384 e. The maximum Gasteiger partial charge on any atom is 0.183 e. The number of hydrogen-bond donors (Lipinski definition) is 1. The van der Waals surface area contributed by atoms with Crippen molar-refractivity contribution in [3.63, 3.8) is 0 Å². The van der Waals surface area contributed by atoms with Crippen LogP contribution in [0.1, 0.15) is 20.8 Å². The number of anilines is 1. The molecule has 6 nitrogen and oxygen atoms in total. The van der Waals surface area contributed by atoms with Crippen LogP contribution in [-0.2, 0) is 9.84 Å². The fraction of sp³-hybridized carbons (Fsp3) is 0.250. The van der Waals surface area contributed by atoms with Gasteiger partial charge in [0.25, 0.3) is 0 Å². The first-order valence-corrected chi connectivity index (χ1v) is 8.62. The van der Waals surface area contributed by atoms with Gasteiger partial charge in [0.1, 0.15) is 5.82 Å². The molecule has 2 N–H and O–H groups in total. The number of nitrogens with two attached hydrogens (primary N) is 1. The fourth-order valence-electron chi connectivity index (χ4n) is 2.27. The van der Waals surface area contributed by atoms with Gasteiger partial charge in [-0.3, -0.25) is 0 Å². The molecule has 0 amide bonds. The molecule has 0 aliphatic heterocycles. The summed E-state index contributed by atoms with van der Waals surface area (Å²) in [6, 6.07) is 6.77. The number of hydrogen-bond acceptors (Lipinski definition) is 5. The highest BCUT2D eigenvalue weighted by Gasteiger charge is 2.31. The summed E-state index contributed by atoms with van der Waals surface area (Å²) in [6.45, 7) is 5.06. The molecule has 120 valence electrons. The van der Waals surface area contributed by atoms with E-state index in [0.29, 0.717) is 11.3 Å². The van der Waals surface area contributed by atoms with Crippen molar-refractivity contribution in [2.75, 3.05) is 5.73 Å². The maximum absolute atomic E-state index is 12.7. The van der Waals surface area contributed by atoms with Crippen LogP contribution in [0.25, 0.3) is 16.6 Å². The highest BCUT2D eigenvalue weighted by molar-refractivity contribution is 7.92. The zero-order valence-corrected chi connectivity index (χ0v) is 14.0. The number of nitrogens with zero attached hydrogens (tertiary/aromatic N) is 3. The average Bonchev–Trinajstić information content (AvgIpc) is 2.90. The van der Waals surface area contributed by atoms with Crippen molar-refractivity contribution >= 4 is 21.2 Å². The number of sulfone groups is 1. The van der Waals surface area contributed by atoms with E-state index < -0.39 is 14.6 Å². The molecule has 3 heterocycles. The second-order valence-corrected chi connectivity index (χ2v) is 9.04. The molecule has 3 rings (SSSR count). The Morgan fingerprint density at radius 1 is 1.13 bits per heavy atom. The molecule has 0 bridgehead atoms. The minimum absolute atomic E-state index is 0.280. The summed E-state index contributed by atoms with van der Waals surface area (Å²) in [5.41, 5.74) is 7.96. The van der Waals surface area contributed by atoms with E-state index in [9.17, 15) is 8.42 Å². The lowest BCUT2D eigenvalue weighted by Gasteiger charge is -2.19. The lowest BCUT2D eigenvalue weighted by Crippen LogP contribution is -2.27. The van der Waals surface area contributed by atoms with E-state index in [1.165, 1.54) is 0 Å². The van der Waals surface area contributed by atoms with Crippen molar-refractivity contribution in [1.29, 1.82) is 0 Å². The Kier molecular flexibility index (Phi) is 3.40. The lowest BCUT2D eigenvalue weighted by molar-refractivity contribution is 0.560. The standard InChI is InChI=1S/C16H18N4O2S/c1-16(2,3)23(21,22)12-6-7-20-14(8-12)13(10-19-20)11-4-5-15(17)18-9-11/h4-10H,1-3H3,(H2,17,18). The van der Waals surface area contributed by atoms with E-state index in [1.54, 1.807) is 62.1 Å². The van der Waals surface area contributed by atoms with Crippen LogP contribution in [0.2, 0.25) is 0 Å². The first-order chi connectivity index (χ1) is 10.7. The smallest absolute Gasteiger partial charge is 0.183 e. The van der Waals surface area contributed by atoms with Crippen molar-refractivity contribution in [2.24, 2.45) is 0 Å². The van der Waals surface area contributed by atoms with Crippen LogP contribution in [0.5, 0.6) is 0 Å². The number of rotatable bonds is 2. The summed E-state index contributed by atoms with van der Waals surface area (Å²) in [6.07, 6.45) is 5.00. The molecule has 0 saturated carbocycles. The van der Waals surface area contributed by atoms with Gasteiger partial charge >= 0.3 is 0 Å². The van der Waals surface area contributed by atoms with E-state index in [2.05, 4.69) is 10.1 Å². The lowest BCUT2D eigenvalue weighted by atomic mass is 10.1. The minimum Gasteiger partial charge on any atom is -0.384 e. The van der Waals surface area contributed by atoms with Crippen LogP contribution in [0.4, 0.5) is 5.82 Å². The number of fused-ring (bicyclic) bond motifs is 1. The van der Waals surface area contributed by atoms with Gasteiger partial charge in [-0.05, 0) is 45.0 Å². The molecule has 0 unspecified atom stereocenters. The topological polar surface area (TPSA) is 90.3 Å². The summed E-state index contributed by atoms with van der Waals surface area (Å²) in [5, 5.41) is 4.27. The molecule has 3 aromatic rings. The van der Waals surface area contributed by atoms with Crippen LogP contribution in [-0.4, -0.2) is 27.8 Å². The van der Waals surface area contributed by atoms with Gasteiger partial charge in [-0.1, -0.05) is 0 Å². The van der Waals surface area contributed by atoms with Crippen LogP contribution in [0.3, 0.4) is 0 Å². The summed E-state index contributed by atoms with van der Waals surface area (Å²) in [4.78, 5) is 4.36. The minimum atomic E-state index is -3.43. The molecule has 0 spiro atoms. The van der Waals surface area contributed by atoms with Crippen LogP contribution in [0, 0.1) is 0 Å². The van der Waals surface area contributed by atoms with E-state index >= 15 is 0 Å². The third-order valence-corrected chi connectivity index (χ3v) is 6.19. The quantitative estimate of drug-likeness (QED) is 0.780. The van der Waals surface area contributed by atoms with E-state index in [-0.39, 0.29) is 4.90 Å². The Bertz CT molecular complexity index is 967. The van der Waals surface area contributed by atoms with Gasteiger partial charge in [-0.2, -0.15) is 5.10 Å². The van der Waals surface area contributed by atoms with E-state index in [1.807, 2.05) is 6.07 Å². The van der Waals surface area contributed by atoms with Gasteiger partial charge in [0.05, 0.1) is 21.4 Å².